The van der Waals surface area contributed by atoms with Gasteiger partial charge in [-0.3, -0.25) is 4.79 Å². The molecule has 0 bridgehead atoms. The first-order valence-corrected chi connectivity index (χ1v) is 9.73. The number of carbonyl (C=O) groups is 1. The van der Waals surface area contributed by atoms with Crippen LogP contribution in [0.2, 0.25) is 0 Å². The number of alkyl halides is 3. The van der Waals surface area contributed by atoms with E-state index in [4.69, 9.17) is 14.2 Å². The third-order valence-corrected chi connectivity index (χ3v) is 5.11. The number of aromatic nitrogens is 2. The summed E-state index contributed by atoms with van der Waals surface area (Å²) in [6.45, 7) is 2.29. The Morgan fingerprint density at radius 1 is 1.23 bits per heavy atom. The zero-order chi connectivity index (χ0) is 22.8. The molecule has 0 radical (unpaired) electrons. The average Bonchev–Trinajstić information content (AvgIpc) is 3.18. The van der Waals surface area contributed by atoms with Gasteiger partial charge in [0.25, 0.3) is 5.91 Å². The quantitative estimate of drug-likeness (QED) is 0.680. The number of benzene rings is 1. The Balaban J connectivity index is 2.06. The minimum absolute atomic E-state index is 0.0147. The molecule has 8 nitrogen and oxygen atoms in total. The van der Waals surface area contributed by atoms with Crippen molar-refractivity contribution in [2.45, 2.75) is 38.0 Å². The van der Waals surface area contributed by atoms with Crippen LogP contribution < -0.4 is 24.8 Å². The average molecular weight is 442 g/mol. The molecule has 170 valence electrons. The van der Waals surface area contributed by atoms with Crippen molar-refractivity contribution >= 4 is 11.7 Å². The van der Waals surface area contributed by atoms with Gasteiger partial charge in [-0.2, -0.15) is 18.3 Å². The molecule has 1 aromatic carbocycles. The first-order valence-electron chi connectivity index (χ1n) is 9.73. The molecular formula is C20H25F3N4O4. The molecule has 0 fully saturated rings. The van der Waals surface area contributed by atoms with Gasteiger partial charge in [-0.05, 0) is 24.1 Å². The van der Waals surface area contributed by atoms with Crippen molar-refractivity contribution in [2.24, 2.45) is 0 Å². The van der Waals surface area contributed by atoms with Gasteiger partial charge in [-0.15, -0.1) is 0 Å². The molecule has 0 saturated heterocycles. The van der Waals surface area contributed by atoms with Gasteiger partial charge in [0, 0.05) is 13.0 Å². The van der Waals surface area contributed by atoms with E-state index in [1.165, 1.54) is 21.3 Å². The number of rotatable bonds is 7. The lowest BCUT2D eigenvalue weighted by atomic mass is 9.95. The van der Waals surface area contributed by atoms with Crippen molar-refractivity contribution in [1.82, 2.24) is 15.1 Å². The maximum Gasteiger partial charge on any atom is 0.410 e. The van der Waals surface area contributed by atoms with Crippen LogP contribution in [0, 0.1) is 0 Å². The summed E-state index contributed by atoms with van der Waals surface area (Å²) in [5.74, 6) is 0.508. The molecule has 2 heterocycles. The van der Waals surface area contributed by atoms with Crippen LogP contribution in [0.1, 0.15) is 47.8 Å². The summed E-state index contributed by atoms with van der Waals surface area (Å²) in [7, 11) is 4.30. The van der Waals surface area contributed by atoms with Crippen LogP contribution in [-0.2, 0) is 0 Å². The highest BCUT2D eigenvalue weighted by atomic mass is 19.4. The highest BCUT2D eigenvalue weighted by Crippen LogP contribution is 2.47. The number of methoxy groups -OCH3 is 3. The lowest BCUT2D eigenvalue weighted by Crippen LogP contribution is -2.36. The molecule has 1 aliphatic rings. The van der Waals surface area contributed by atoms with Crippen LogP contribution >= 0.6 is 0 Å². The standard InChI is InChI=1S/C20H25F3N4O4/c1-5-6-24-19(28)12-10-25-27-16(20(21,22)23)9-13(26-18(12)27)11-7-14(29-2)17(31-4)15(8-11)30-3/h7-8,10,13,16,26H,5-6,9H2,1-4H3,(H,24,28)/t13-,16-/m0/s1. The number of anilines is 1. The van der Waals surface area contributed by atoms with Gasteiger partial charge in [0.15, 0.2) is 17.5 Å². The predicted molar refractivity (Wildman–Crippen MR) is 107 cm³/mol. The number of carbonyl (C=O) groups excluding carboxylic acids is 1. The zero-order valence-electron chi connectivity index (χ0n) is 17.7. The summed E-state index contributed by atoms with van der Waals surface area (Å²) >= 11 is 0. The smallest absolute Gasteiger partial charge is 0.410 e. The number of fused-ring (bicyclic) bond motifs is 1. The summed E-state index contributed by atoms with van der Waals surface area (Å²) < 4.78 is 58.4. The summed E-state index contributed by atoms with van der Waals surface area (Å²) in [6.07, 6.45) is -3.03. The van der Waals surface area contributed by atoms with E-state index in [0.717, 1.165) is 10.9 Å². The number of hydrogen-bond donors (Lipinski definition) is 2. The Hall–Kier alpha value is -3.11. The van der Waals surface area contributed by atoms with Gasteiger partial charge < -0.3 is 24.8 Å². The van der Waals surface area contributed by atoms with E-state index in [2.05, 4.69) is 15.7 Å². The summed E-state index contributed by atoms with van der Waals surface area (Å²) in [6, 6.07) is 0.507. The van der Waals surface area contributed by atoms with E-state index in [0.29, 0.717) is 35.8 Å². The van der Waals surface area contributed by atoms with E-state index in [9.17, 15) is 18.0 Å². The first kappa shape index (κ1) is 22.6. The minimum Gasteiger partial charge on any atom is -0.493 e. The minimum atomic E-state index is -4.56. The Bertz CT molecular complexity index is 920. The van der Waals surface area contributed by atoms with E-state index in [1.54, 1.807) is 12.1 Å². The number of nitrogens with one attached hydrogen (secondary N) is 2. The fourth-order valence-electron chi connectivity index (χ4n) is 3.58. The maximum absolute atomic E-state index is 13.9. The van der Waals surface area contributed by atoms with Gasteiger partial charge in [0.2, 0.25) is 5.75 Å². The van der Waals surface area contributed by atoms with Crippen molar-refractivity contribution in [3.05, 3.63) is 29.5 Å². The molecule has 2 aromatic rings. The molecule has 1 amide bonds. The van der Waals surface area contributed by atoms with Crippen molar-refractivity contribution in [1.29, 1.82) is 0 Å². The van der Waals surface area contributed by atoms with Gasteiger partial charge >= 0.3 is 6.18 Å². The second kappa shape index (κ2) is 8.94. The van der Waals surface area contributed by atoms with E-state index >= 15 is 0 Å². The number of hydrogen-bond acceptors (Lipinski definition) is 6. The summed E-state index contributed by atoms with van der Waals surface area (Å²) in [5.41, 5.74) is 0.552. The van der Waals surface area contributed by atoms with Gasteiger partial charge in [0.1, 0.15) is 11.4 Å². The number of ether oxygens (including phenoxy) is 3. The van der Waals surface area contributed by atoms with E-state index < -0.39 is 24.2 Å². The molecule has 1 aromatic heterocycles. The molecule has 0 aliphatic carbocycles. The molecule has 0 saturated carbocycles. The Labute approximate surface area is 177 Å². The molecule has 11 heteroatoms. The normalized spacial score (nSPS) is 18.0. The van der Waals surface area contributed by atoms with Gasteiger partial charge in [-0.1, -0.05) is 6.92 Å². The second-order valence-electron chi connectivity index (χ2n) is 7.06. The fourth-order valence-corrected chi connectivity index (χ4v) is 3.58. The van der Waals surface area contributed by atoms with Crippen molar-refractivity contribution in [3.63, 3.8) is 0 Å². The monoisotopic (exact) mass is 442 g/mol. The Kier molecular flexibility index (Phi) is 6.51. The Morgan fingerprint density at radius 3 is 2.39 bits per heavy atom. The summed E-state index contributed by atoms with van der Waals surface area (Å²) in [4.78, 5) is 12.5. The second-order valence-corrected chi connectivity index (χ2v) is 7.06. The van der Waals surface area contributed by atoms with Crippen LogP contribution in [0.3, 0.4) is 0 Å². The van der Waals surface area contributed by atoms with Crippen LogP contribution in [0.25, 0.3) is 0 Å². The lowest BCUT2D eigenvalue weighted by molar-refractivity contribution is -0.173. The Morgan fingerprint density at radius 2 is 1.87 bits per heavy atom. The van der Waals surface area contributed by atoms with Crippen molar-refractivity contribution in [2.75, 3.05) is 33.2 Å². The molecular weight excluding hydrogens is 417 g/mol. The van der Waals surface area contributed by atoms with Crippen molar-refractivity contribution in [3.8, 4) is 17.2 Å². The highest BCUT2D eigenvalue weighted by molar-refractivity contribution is 5.98. The predicted octanol–water partition coefficient (Wildman–Crippen LogP) is 3.71. The SMILES string of the molecule is CCCNC(=O)c1cnn2c1N[C@H](c1cc(OC)c(OC)c(OC)c1)C[C@H]2C(F)(F)F. The van der Waals surface area contributed by atoms with E-state index in [-0.39, 0.29) is 17.8 Å². The van der Waals surface area contributed by atoms with Crippen LogP contribution in [0.4, 0.5) is 19.0 Å². The molecule has 3 rings (SSSR count). The van der Waals surface area contributed by atoms with Crippen molar-refractivity contribution < 1.29 is 32.2 Å². The number of nitrogens with zero attached hydrogens (tertiary/aromatic N) is 2. The molecule has 2 N–H and O–H groups in total. The fraction of sp³-hybridized carbons (Fsp3) is 0.500. The zero-order valence-corrected chi connectivity index (χ0v) is 17.7. The summed E-state index contributed by atoms with van der Waals surface area (Å²) in [5, 5.41) is 9.58. The topological polar surface area (TPSA) is 86.6 Å². The van der Waals surface area contributed by atoms with Gasteiger partial charge in [0.05, 0.1) is 33.6 Å². The number of amides is 1. The molecule has 0 unspecified atom stereocenters. The maximum atomic E-state index is 13.9. The highest BCUT2D eigenvalue weighted by Gasteiger charge is 2.47. The molecule has 2 atom stereocenters. The molecule has 1 aliphatic heterocycles. The third kappa shape index (κ3) is 4.35. The van der Waals surface area contributed by atoms with Crippen LogP contribution in [-0.4, -0.2) is 49.7 Å². The van der Waals surface area contributed by atoms with E-state index in [1.807, 2.05) is 6.92 Å². The van der Waals surface area contributed by atoms with Crippen LogP contribution in [0.15, 0.2) is 18.3 Å². The third-order valence-electron chi connectivity index (χ3n) is 5.11. The first-order chi connectivity index (χ1) is 14.7. The van der Waals surface area contributed by atoms with Gasteiger partial charge in [-0.25, -0.2) is 4.68 Å². The molecule has 31 heavy (non-hydrogen) atoms. The lowest BCUT2D eigenvalue weighted by Gasteiger charge is -2.34. The molecule has 0 spiro atoms. The van der Waals surface area contributed by atoms with Crippen LogP contribution in [0.5, 0.6) is 17.2 Å². The largest absolute Gasteiger partial charge is 0.493 e. The number of halogens is 3.